The van der Waals surface area contributed by atoms with Gasteiger partial charge in [-0.3, -0.25) is 9.97 Å². The normalized spacial score (nSPS) is 11.2. The maximum absolute atomic E-state index is 13.3. The zero-order chi connectivity index (χ0) is 16.5. The third-order valence-corrected chi connectivity index (χ3v) is 6.03. The van der Waals surface area contributed by atoms with Crippen molar-refractivity contribution in [2.24, 2.45) is 0 Å². The van der Waals surface area contributed by atoms with E-state index in [1.165, 1.54) is 24.3 Å². The maximum Gasteiger partial charge on any atom is 0.125 e. The average molecular weight is 356 g/mol. The Balaban J connectivity index is 1.68. The summed E-state index contributed by atoms with van der Waals surface area (Å²) >= 11 is 0. The molecule has 0 unspecified atom stereocenters. The van der Waals surface area contributed by atoms with Gasteiger partial charge in [0.05, 0.1) is 11.0 Å². The fraction of sp³-hybridized carbons (Fsp3) is 0. The van der Waals surface area contributed by atoms with Crippen molar-refractivity contribution in [1.29, 1.82) is 0 Å². The SMILES string of the molecule is Fc1ccc2c(SSc3ccnc4cc(F)ccc34)ccnc2c1. The number of hydrogen-bond acceptors (Lipinski definition) is 4. The van der Waals surface area contributed by atoms with E-state index in [-0.39, 0.29) is 11.6 Å². The molecule has 2 heterocycles. The van der Waals surface area contributed by atoms with Crippen LogP contribution in [0.2, 0.25) is 0 Å². The van der Waals surface area contributed by atoms with Crippen LogP contribution in [0.1, 0.15) is 0 Å². The largest absolute Gasteiger partial charge is 0.256 e. The van der Waals surface area contributed by atoms with Gasteiger partial charge in [0.25, 0.3) is 0 Å². The molecule has 0 aliphatic carbocycles. The van der Waals surface area contributed by atoms with Crippen molar-refractivity contribution in [3.8, 4) is 0 Å². The van der Waals surface area contributed by atoms with Crippen LogP contribution >= 0.6 is 21.6 Å². The van der Waals surface area contributed by atoms with Crippen LogP contribution in [0, 0.1) is 11.6 Å². The van der Waals surface area contributed by atoms with Crippen molar-refractivity contribution in [1.82, 2.24) is 9.97 Å². The van der Waals surface area contributed by atoms with Crippen LogP contribution in [0.3, 0.4) is 0 Å². The van der Waals surface area contributed by atoms with Gasteiger partial charge < -0.3 is 0 Å². The van der Waals surface area contributed by atoms with Crippen molar-refractivity contribution >= 4 is 43.4 Å². The van der Waals surface area contributed by atoms with Crippen LogP contribution in [0.4, 0.5) is 8.78 Å². The second-order valence-electron chi connectivity index (χ2n) is 5.11. The lowest BCUT2D eigenvalue weighted by Crippen LogP contribution is -1.84. The maximum atomic E-state index is 13.3. The molecule has 0 atom stereocenters. The second kappa shape index (κ2) is 6.37. The van der Waals surface area contributed by atoms with E-state index in [2.05, 4.69) is 9.97 Å². The molecule has 0 N–H and O–H groups in total. The van der Waals surface area contributed by atoms with E-state index in [4.69, 9.17) is 0 Å². The molecule has 0 aliphatic rings. The lowest BCUT2D eigenvalue weighted by Gasteiger charge is -2.07. The number of pyridine rings is 2. The molecule has 4 aromatic rings. The quantitative estimate of drug-likeness (QED) is 0.429. The number of benzene rings is 2. The summed E-state index contributed by atoms with van der Waals surface area (Å²) in [6, 6.07) is 13.0. The van der Waals surface area contributed by atoms with Gasteiger partial charge in [0.2, 0.25) is 0 Å². The molecule has 118 valence electrons. The van der Waals surface area contributed by atoms with Crippen LogP contribution in [0.5, 0.6) is 0 Å². The molecular weight excluding hydrogens is 346 g/mol. The molecule has 4 rings (SSSR count). The van der Waals surface area contributed by atoms with Crippen molar-refractivity contribution in [3.05, 3.63) is 72.6 Å². The smallest absolute Gasteiger partial charge is 0.125 e. The highest BCUT2D eigenvalue weighted by Gasteiger charge is 2.08. The molecule has 24 heavy (non-hydrogen) atoms. The highest BCUT2D eigenvalue weighted by molar-refractivity contribution is 8.76. The molecule has 0 aliphatic heterocycles. The minimum Gasteiger partial charge on any atom is -0.256 e. The van der Waals surface area contributed by atoms with Crippen molar-refractivity contribution in [2.45, 2.75) is 9.79 Å². The minimum absolute atomic E-state index is 0.299. The predicted octanol–water partition coefficient (Wildman–Crippen LogP) is 5.86. The monoisotopic (exact) mass is 356 g/mol. The highest BCUT2D eigenvalue weighted by atomic mass is 33.1. The summed E-state index contributed by atoms with van der Waals surface area (Å²) in [5.41, 5.74) is 1.25. The molecule has 0 fully saturated rings. The molecule has 2 aromatic heterocycles. The van der Waals surface area contributed by atoms with Gasteiger partial charge in [-0.15, -0.1) is 0 Å². The van der Waals surface area contributed by atoms with E-state index >= 15 is 0 Å². The summed E-state index contributed by atoms with van der Waals surface area (Å²) in [5, 5.41) is 1.81. The van der Waals surface area contributed by atoms with Crippen LogP contribution in [0.15, 0.2) is 70.7 Å². The summed E-state index contributed by atoms with van der Waals surface area (Å²) in [7, 11) is 3.12. The third kappa shape index (κ3) is 2.95. The second-order valence-corrected chi connectivity index (χ2v) is 7.32. The van der Waals surface area contributed by atoms with Crippen molar-refractivity contribution < 1.29 is 8.78 Å². The summed E-state index contributed by atoms with van der Waals surface area (Å²) < 4.78 is 26.7. The van der Waals surface area contributed by atoms with Gasteiger partial charge in [-0.25, -0.2) is 8.78 Å². The molecule has 0 spiro atoms. The molecule has 0 saturated carbocycles. The summed E-state index contributed by atoms with van der Waals surface area (Å²) in [6.07, 6.45) is 3.34. The zero-order valence-corrected chi connectivity index (χ0v) is 13.9. The Morgan fingerprint density at radius 2 is 1.08 bits per heavy atom. The predicted molar refractivity (Wildman–Crippen MR) is 95.1 cm³/mol. The van der Waals surface area contributed by atoms with Crippen LogP contribution in [-0.4, -0.2) is 9.97 Å². The van der Waals surface area contributed by atoms with E-state index in [0.717, 1.165) is 20.6 Å². The van der Waals surface area contributed by atoms with Crippen molar-refractivity contribution in [3.63, 3.8) is 0 Å². The van der Waals surface area contributed by atoms with E-state index in [9.17, 15) is 8.78 Å². The van der Waals surface area contributed by atoms with E-state index < -0.39 is 0 Å². The molecule has 2 aromatic carbocycles. The molecule has 0 bridgehead atoms. The Morgan fingerprint density at radius 1 is 0.625 bits per heavy atom. The number of rotatable bonds is 3. The van der Waals surface area contributed by atoms with Gasteiger partial charge in [0.1, 0.15) is 11.6 Å². The first-order valence-corrected chi connectivity index (χ1v) is 9.29. The molecular formula is C18H10F2N2S2. The topological polar surface area (TPSA) is 25.8 Å². The number of fused-ring (bicyclic) bond motifs is 2. The fourth-order valence-corrected chi connectivity index (χ4v) is 4.77. The summed E-state index contributed by atoms with van der Waals surface area (Å²) in [5.74, 6) is -0.598. The average Bonchev–Trinajstić information content (AvgIpc) is 2.59. The third-order valence-electron chi connectivity index (χ3n) is 3.55. The number of nitrogens with zero attached hydrogens (tertiary/aromatic N) is 2. The summed E-state index contributed by atoms with van der Waals surface area (Å²) in [4.78, 5) is 10.4. The van der Waals surface area contributed by atoms with Gasteiger partial charge in [-0.1, -0.05) is 21.6 Å². The first-order chi connectivity index (χ1) is 11.7. The fourth-order valence-electron chi connectivity index (χ4n) is 2.43. The Bertz CT molecular complexity index is 968. The van der Waals surface area contributed by atoms with E-state index in [1.54, 1.807) is 46.1 Å². The van der Waals surface area contributed by atoms with Crippen LogP contribution in [0.25, 0.3) is 21.8 Å². The Hall–Kier alpha value is -2.18. The molecule has 2 nitrogen and oxygen atoms in total. The zero-order valence-electron chi connectivity index (χ0n) is 12.2. The van der Waals surface area contributed by atoms with E-state index in [1.807, 2.05) is 12.1 Å². The van der Waals surface area contributed by atoms with Gasteiger partial charge in [-0.2, -0.15) is 0 Å². The molecule has 0 amide bonds. The minimum atomic E-state index is -0.299. The first kappa shape index (κ1) is 15.4. The van der Waals surface area contributed by atoms with Gasteiger partial charge in [0, 0.05) is 45.1 Å². The van der Waals surface area contributed by atoms with Gasteiger partial charge >= 0.3 is 0 Å². The van der Waals surface area contributed by atoms with Crippen molar-refractivity contribution in [2.75, 3.05) is 0 Å². The molecule has 0 saturated heterocycles. The number of halogens is 2. The first-order valence-electron chi connectivity index (χ1n) is 7.14. The van der Waals surface area contributed by atoms with Gasteiger partial charge in [0.15, 0.2) is 0 Å². The lowest BCUT2D eigenvalue weighted by molar-refractivity contribution is 0.629. The Morgan fingerprint density at radius 3 is 1.54 bits per heavy atom. The highest BCUT2D eigenvalue weighted by Crippen LogP contribution is 2.42. The Kier molecular flexibility index (Phi) is 4.08. The van der Waals surface area contributed by atoms with E-state index in [0.29, 0.717) is 11.0 Å². The summed E-state index contributed by atoms with van der Waals surface area (Å²) in [6.45, 7) is 0. The molecule has 0 radical (unpaired) electrons. The van der Waals surface area contributed by atoms with Crippen LogP contribution in [-0.2, 0) is 0 Å². The number of aromatic nitrogens is 2. The molecule has 6 heteroatoms. The number of hydrogen-bond donors (Lipinski definition) is 0. The van der Waals surface area contributed by atoms with Gasteiger partial charge in [-0.05, 0) is 36.4 Å². The Labute approximate surface area is 144 Å². The lowest BCUT2D eigenvalue weighted by atomic mass is 10.2. The standard InChI is InChI=1S/C18H10F2N2S2/c19-11-1-3-13-15(9-11)21-7-5-17(13)23-24-18-6-8-22-16-10-12(20)2-4-14(16)18/h1-10H. The van der Waals surface area contributed by atoms with Crippen LogP contribution < -0.4 is 0 Å².